The smallest absolute Gasteiger partial charge is 0.145 e. The first-order valence-electron chi connectivity index (χ1n) is 5.15. The fourth-order valence-corrected chi connectivity index (χ4v) is 1.55. The molecule has 0 saturated heterocycles. The van der Waals surface area contributed by atoms with E-state index in [0.29, 0.717) is 0 Å². The fraction of sp³-hybridized carbons (Fsp3) is 0.250. The Morgan fingerprint density at radius 3 is 2.75 bits per heavy atom. The molecule has 2 rings (SSSR count). The molecule has 0 aliphatic heterocycles. The molecule has 0 unspecified atom stereocenters. The third-order valence-corrected chi connectivity index (χ3v) is 2.40. The van der Waals surface area contributed by atoms with Crippen LogP contribution < -0.4 is 5.32 Å². The molecule has 16 heavy (non-hydrogen) atoms. The molecular formula is C12H13FN2O. The Morgan fingerprint density at radius 1 is 1.31 bits per heavy atom. The minimum Gasteiger partial charge on any atom is -0.361 e. The van der Waals surface area contributed by atoms with Crippen molar-refractivity contribution in [1.29, 1.82) is 0 Å². The van der Waals surface area contributed by atoms with Gasteiger partial charge in [0, 0.05) is 18.5 Å². The number of aromatic nitrogens is 1. The number of benzene rings is 1. The molecule has 0 saturated carbocycles. The SMILES string of the molecule is CNCCc1oncc1-c1ccc(F)cc1. The number of likely N-dealkylation sites (N-methyl/N-ethyl adjacent to an activating group) is 1. The van der Waals surface area contributed by atoms with Gasteiger partial charge in [-0.05, 0) is 24.7 Å². The van der Waals surface area contributed by atoms with E-state index in [0.717, 1.165) is 29.9 Å². The maximum atomic E-state index is 12.8. The molecule has 0 bridgehead atoms. The van der Waals surface area contributed by atoms with Crippen LogP contribution in [0.3, 0.4) is 0 Å². The monoisotopic (exact) mass is 220 g/mol. The summed E-state index contributed by atoms with van der Waals surface area (Å²) in [5, 5.41) is 6.82. The normalized spacial score (nSPS) is 10.6. The number of halogens is 1. The van der Waals surface area contributed by atoms with Gasteiger partial charge in [0.2, 0.25) is 0 Å². The molecule has 84 valence electrons. The molecule has 0 aliphatic rings. The van der Waals surface area contributed by atoms with Crippen LogP contribution in [-0.2, 0) is 6.42 Å². The third kappa shape index (κ3) is 2.28. The first kappa shape index (κ1) is 10.8. The van der Waals surface area contributed by atoms with E-state index in [1.807, 2.05) is 7.05 Å². The van der Waals surface area contributed by atoms with Crippen LogP contribution in [0.1, 0.15) is 5.76 Å². The maximum absolute atomic E-state index is 12.8. The number of nitrogens with one attached hydrogen (secondary N) is 1. The molecule has 1 N–H and O–H groups in total. The standard InChI is InChI=1S/C12H13FN2O/c1-14-7-6-12-11(8-15-16-12)9-2-4-10(13)5-3-9/h2-5,8,14H,6-7H2,1H3. The lowest BCUT2D eigenvalue weighted by atomic mass is 10.1. The summed E-state index contributed by atoms with van der Waals surface area (Å²) < 4.78 is 18.0. The highest BCUT2D eigenvalue weighted by Crippen LogP contribution is 2.23. The van der Waals surface area contributed by atoms with Gasteiger partial charge in [0.1, 0.15) is 11.6 Å². The van der Waals surface area contributed by atoms with Crippen LogP contribution >= 0.6 is 0 Å². The second-order valence-electron chi connectivity index (χ2n) is 3.52. The average molecular weight is 220 g/mol. The summed E-state index contributed by atoms with van der Waals surface area (Å²) in [5.41, 5.74) is 1.85. The summed E-state index contributed by atoms with van der Waals surface area (Å²) >= 11 is 0. The van der Waals surface area contributed by atoms with Gasteiger partial charge in [-0.25, -0.2) is 4.39 Å². The zero-order chi connectivity index (χ0) is 11.4. The predicted octanol–water partition coefficient (Wildman–Crippen LogP) is 2.24. The lowest BCUT2D eigenvalue weighted by Crippen LogP contribution is -2.10. The summed E-state index contributed by atoms with van der Waals surface area (Å²) in [6.07, 6.45) is 2.43. The molecule has 0 spiro atoms. The van der Waals surface area contributed by atoms with Crippen molar-refractivity contribution >= 4 is 0 Å². The third-order valence-electron chi connectivity index (χ3n) is 2.40. The van der Waals surface area contributed by atoms with Crippen molar-refractivity contribution in [2.45, 2.75) is 6.42 Å². The van der Waals surface area contributed by atoms with Crippen molar-refractivity contribution in [3.8, 4) is 11.1 Å². The minimum absolute atomic E-state index is 0.239. The first-order valence-corrected chi connectivity index (χ1v) is 5.15. The molecule has 0 atom stereocenters. The lowest BCUT2D eigenvalue weighted by molar-refractivity contribution is 0.382. The summed E-state index contributed by atoms with van der Waals surface area (Å²) in [7, 11) is 1.88. The van der Waals surface area contributed by atoms with E-state index in [1.54, 1.807) is 18.3 Å². The Bertz CT molecular complexity index is 450. The van der Waals surface area contributed by atoms with Crippen molar-refractivity contribution < 1.29 is 8.91 Å². The fourth-order valence-electron chi connectivity index (χ4n) is 1.55. The summed E-state index contributed by atoms with van der Waals surface area (Å²) in [4.78, 5) is 0. The van der Waals surface area contributed by atoms with Crippen LogP contribution in [0.25, 0.3) is 11.1 Å². The van der Waals surface area contributed by atoms with Gasteiger partial charge in [0.15, 0.2) is 0 Å². The summed E-state index contributed by atoms with van der Waals surface area (Å²) in [5.74, 6) is 0.581. The number of rotatable bonds is 4. The van der Waals surface area contributed by atoms with E-state index in [2.05, 4.69) is 10.5 Å². The summed E-state index contributed by atoms with van der Waals surface area (Å²) in [6.45, 7) is 0.823. The van der Waals surface area contributed by atoms with E-state index in [9.17, 15) is 4.39 Å². The topological polar surface area (TPSA) is 38.1 Å². The lowest BCUT2D eigenvalue weighted by Gasteiger charge is -2.01. The number of hydrogen-bond donors (Lipinski definition) is 1. The zero-order valence-corrected chi connectivity index (χ0v) is 9.03. The Hall–Kier alpha value is -1.68. The Kier molecular flexibility index (Phi) is 3.31. The Balaban J connectivity index is 2.26. The highest BCUT2D eigenvalue weighted by Gasteiger charge is 2.09. The van der Waals surface area contributed by atoms with Crippen LogP contribution in [0.15, 0.2) is 35.0 Å². The van der Waals surface area contributed by atoms with Gasteiger partial charge < -0.3 is 9.84 Å². The van der Waals surface area contributed by atoms with Crippen LogP contribution in [0.4, 0.5) is 4.39 Å². The predicted molar refractivity (Wildman–Crippen MR) is 59.5 cm³/mol. The van der Waals surface area contributed by atoms with E-state index in [1.165, 1.54) is 12.1 Å². The van der Waals surface area contributed by atoms with Gasteiger partial charge in [0.05, 0.1) is 6.20 Å². The van der Waals surface area contributed by atoms with Gasteiger partial charge in [0.25, 0.3) is 0 Å². The van der Waals surface area contributed by atoms with Crippen LogP contribution in [0.2, 0.25) is 0 Å². The van der Waals surface area contributed by atoms with Crippen molar-refractivity contribution in [2.24, 2.45) is 0 Å². The maximum Gasteiger partial charge on any atom is 0.145 e. The summed E-state index contributed by atoms with van der Waals surface area (Å²) in [6, 6.07) is 6.32. The van der Waals surface area contributed by atoms with Crippen molar-refractivity contribution in [2.75, 3.05) is 13.6 Å². The van der Waals surface area contributed by atoms with Crippen LogP contribution in [0, 0.1) is 5.82 Å². The van der Waals surface area contributed by atoms with Gasteiger partial charge in [-0.1, -0.05) is 17.3 Å². The van der Waals surface area contributed by atoms with Gasteiger partial charge in [-0.2, -0.15) is 0 Å². The Morgan fingerprint density at radius 2 is 2.06 bits per heavy atom. The highest BCUT2D eigenvalue weighted by molar-refractivity contribution is 5.64. The van der Waals surface area contributed by atoms with E-state index < -0.39 is 0 Å². The molecule has 1 aromatic carbocycles. The quantitative estimate of drug-likeness (QED) is 0.858. The zero-order valence-electron chi connectivity index (χ0n) is 9.03. The highest BCUT2D eigenvalue weighted by atomic mass is 19.1. The second kappa shape index (κ2) is 4.90. The van der Waals surface area contributed by atoms with Crippen LogP contribution in [0.5, 0.6) is 0 Å². The average Bonchev–Trinajstić information content (AvgIpc) is 2.75. The number of nitrogens with zero attached hydrogens (tertiary/aromatic N) is 1. The van der Waals surface area contributed by atoms with Gasteiger partial charge >= 0.3 is 0 Å². The molecule has 0 amide bonds. The largest absolute Gasteiger partial charge is 0.361 e. The van der Waals surface area contributed by atoms with Gasteiger partial charge in [-0.15, -0.1) is 0 Å². The molecule has 2 aromatic rings. The molecule has 1 heterocycles. The molecule has 0 radical (unpaired) electrons. The molecule has 0 fully saturated rings. The number of hydrogen-bond acceptors (Lipinski definition) is 3. The van der Waals surface area contributed by atoms with E-state index >= 15 is 0 Å². The Labute approximate surface area is 93.3 Å². The second-order valence-corrected chi connectivity index (χ2v) is 3.52. The molecule has 3 nitrogen and oxygen atoms in total. The van der Waals surface area contributed by atoms with Crippen molar-refractivity contribution in [3.63, 3.8) is 0 Å². The molecule has 4 heteroatoms. The first-order chi connectivity index (χ1) is 7.81. The molecular weight excluding hydrogens is 207 g/mol. The van der Waals surface area contributed by atoms with Gasteiger partial charge in [-0.3, -0.25) is 0 Å². The molecule has 0 aliphatic carbocycles. The van der Waals surface area contributed by atoms with Crippen LogP contribution in [-0.4, -0.2) is 18.7 Å². The molecule has 1 aromatic heterocycles. The van der Waals surface area contributed by atoms with Crippen molar-refractivity contribution in [1.82, 2.24) is 10.5 Å². The van der Waals surface area contributed by atoms with Crippen molar-refractivity contribution in [3.05, 3.63) is 42.0 Å². The minimum atomic E-state index is -0.239. The van der Waals surface area contributed by atoms with E-state index in [-0.39, 0.29) is 5.82 Å². The van der Waals surface area contributed by atoms with E-state index in [4.69, 9.17) is 4.52 Å².